The fourth-order valence-corrected chi connectivity index (χ4v) is 3.72. The Morgan fingerprint density at radius 3 is 2.90 bits per heavy atom. The molecular weight excluding hydrogens is 252 g/mol. The van der Waals surface area contributed by atoms with Crippen LogP contribution < -0.4 is 0 Å². The summed E-state index contributed by atoms with van der Waals surface area (Å²) in [4.78, 5) is 24.5. The number of hydrogen-bond donors (Lipinski definition) is 0. The van der Waals surface area contributed by atoms with Crippen LogP contribution in [0.3, 0.4) is 0 Å². The summed E-state index contributed by atoms with van der Waals surface area (Å²) < 4.78 is 5.88. The average Bonchev–Trinajstić information content (AvgIpc) is 2.72. The summed E-state index contributed by atoms with van der Waals surface area (Å²) >= 11 is 0. The zero-order valence-corrected chi connectivity index (χ0v) is 12.3. The van der Waals surface area contributed by atoms with E-state index in [9.17, 15) is 9.59 Å². The Hall–Kier alpha value is -1.38. The molecule has 0 amide bonds. The minimum atomic E-state index is -0.484. The second kappa shape index (κ2) is 4.87. The van der Waals surface area contributed by atoms with Gasteiger partial charge in [0, 0.05) is 30.8 Å². The Balaban J connectivity index is 1.93. The Labute approximate surface area is 120 Å². The smallest absolute Gasteiger partial charge is 0.200 e. The molecule has 3 rings (SSSR count). The van der Waals surface area contributed by atoms with Crippen LogP contribution in [0.25, 0.3) is 0 Å². The number of fused-ring (bicyclic) bond motifs is 3. The Morgan fingerprint density at radius 2 is 2.10 bits per heavy atom. The average molecular weight is 274 g/mol. The van der Waals surface area contributed by atoms with Gasteiger partial charge in [0.25, 0.3) is 0 Å². The van der Waals surface area contributed by atoms with Gasteiger partial charge in [-0.1, -0.05) is 25.5 Å². The lowest BCUT2D eigenvalue weighted by Gasteiger charge is -2.33. The summed E-state index contributed by atoms with van der Waals surface area (Å²) in [5, 5.41) is 0. The standard InChI is InChI=1S/C17H22O3/c1-17(2)10-13(18)7-11-5-3-4-6-12(11)8-14-9-15(19)16(17)20-14/h6,9,11,16H,3-5,7-8,10H2,1-2H3/t11-,16+/m0/s1. The van der Waals surface area contributed by atoms with Crippen molar-refractivity contribution in [1.29, 1.82) is 0 Å². The molecule has 20 heavy (non-hydrogen) atoms. The third kappa shape index (κ3) is 2.46. The highest BCUT2D eigenvalue weighted by Crippen LogP contribution is 2.41. The molecule has 0 N–H and O–H groups in total. The minimum absolute atomic E-state index is 0.0210. The monoisotopic (exact) mass is 274 g/mol. The van der Waals surface area contributed by atoms with Crippen molar-refractivity contribution < 1.29 is 14.3 Å². The number of Topliss-reactive ketones (excluding diaryl/α,β-unsaturated/α-hetero) is 1. The van der Waals surface area contributed by atoms with Crippen molar-refractivity contribution in [1.82, 2.24) is 0 Å². The first-order valence-corrected chi connectivity index (χ1v) is 7.57. The highest BCUT2D eigenvalue weighted by molar-refractivity contribution is 5.97. The summed E-state index contributed by atoms with van der Waals surface area (Å²) in [5.74, 6) is 1.43. The van der Waals surface area contributed by atoms with E-state index in [4.69, 9.17) is 4.74 Å². The van der Waals surface area contributed by atoms with Crippen LogP contribution in [-0.4, -0.2) is 17.7 Å². The topological polar surface area (TPSA) is 43.4 Å². The molecule has 108 valence electrons. The molecule has 0 aromatic carbocycles. The van der Waals surface area contributed by atoms with Crippen molar-refractivity contribution in [3.63, 3.8) is 0 Å². The molecular formula is C17H22O3. The minimum Gasteiger partial charge on any atom is -0.486 e. The van der Waals surface area contributed by atoms with Gasteiger partial charge in [-0.3, -0.25) is 9.59 Å². The molecule has 3 aliphatic rings. The van der Waals surface area contributed by atoms with Gasteiger partial charge in [0.1, 0.15) is 11.5 Å². The zero-order chi connectivity index (χ0) is 14.3. The van der Waals surface area contributed by atoms with Gasteiger partial charge in [0.05, 0.1) is 0 Å². The number of hydrogen-bond acceptors (Lipinski definition) is 3. The lowest BCUT2D eigenvalue weighted by Crippen LogP contribution is -2.37. The van der Waals surface area contributed by atoms with Crippen molar-refractivity contribution in [2.45, 2.75) is 58.5 Å². The van der Waals surface area contributed by atoms with E-state index >= 15 is 0 Å². The molecule has 2 atom stereocenters. The van der Waals surface area contributed by atoms with Gasteiger partial charge in [-0.2, -0.15) is 0 Å². The first kappa shape index (κ1) is 13.6. The second-order valence-electron chi connectivity index (χ2n) is 7.00. The maximum Gasteiger partial charge on any atom is 0.200 e. The van der Waals surface area contributed by atoms with Crippen molar-refractivity contribution in [3.05, 3.63) is 23.5 Å². The molecule has 0 spiro atoms. The number of rotatable bonds is 0. The largest absolute Gasteiger partial charge is 0.486 e. The van der Waals surface area contributed by atoms with Crippen LogP contribution in [-0.2, 0) is 14.3 Å². The number of carbonyl (C=O) groups excluding carboxylic acids is 2. The van der Waals surface area contributed by atoms with Crippen molar-refractivity contribution in [3.8, 4) is 0 Å². The molecule has 3 heteroatoms. The van der Waals surface area contributed by atoms with Crippen LogP contribution >= 0.6 is 0 Å². The van der Waals surface area contributed by atoms with Gasteiger partial charge >= 0.3 is 0 Å². The van der Waals surface area contributed by atoms with Gasteiger partial charge in [0.2, 0.25) is 0 Å². The van der Waals surface area contributed by atoms with Crippen LogP contribution in [0.2, 0.25) is 0 Å². The molecule has 3 nitrogen and oxygen atoms in total. The van der Waals surface area contributed by atoms with Gasteiger partial charge < -0.3 is 4.74 Å². The SMILES string of the molecule is CC1(C)CC(=O)C[C@@H]2CCCC=C2CC2=CC(=O)[C@H]1O2. The van der Waals surface area contributed by atoms with Gasteiger partial charge in [-0.25, -0.2) is 0 Å². The van der Waals surface area contributed by atoms with Crippen LogP contribution in [0.5, 0.6) is 0 Å². The number of carbonyl (C=O) groups is 2. The normalized spacial score (nSPS) is 32.9. The molecule has 1 fully saturated rings. The van der Waals surface area contributed by atoms with Crippen molar-refractivity contribution in [2.24, 2.45) is 11.3 Å². The predicted molar refractivity (Wildman–Crippen MR) is 76.0 cm³/mol. The molecule has 2 heterocycles. The molecule has 1 saturated heterocycles. The summed E-state index contributed by atoms with van der Waals surface area (Å²) in [6, 6.07) is 0. The molecule has 0 unspecified atom stereocenters. The number of ketones is 2. The third-order valence-corrected chi connectivity index (χ3v) is 4.73. The second-order valence-corrected chi connectivity index (χ2v) is 7.00. The lowest BCUT2D eigenvalue weighted by molar-refractivity contribution is -0.130. The molecule has 2 bridgehead atoms. The van der Waals surface area contributed by atoms with E-state index in [1.165, 1.54) is 5.57 Å². The maximum absolute atomic E-state index is 12.3. The van der Waals surface area contributed by atoms with Crippen LogP contribution in [0, 0.1) is 11.3 Å². The third-order valence-electron chi connectivity index (χ3n) is 4.73. The van der Waals surface area contributed by atoms with Gasteiger partial charge in [-0.15, -0.1) is 0 Å². The van der Waals surface area contributed by atoms with E-state index in [0.717, 1.165) is 25.0 Å². The Kier molecular flexibility index (Phi) is 3.31. The van der Waals surface area contributed by atoms with E-state index in [1.807, 2.05) is 13.8 Å². The maximum atomic E-state index is 12.3. The van der Waals surface area contributed by atoms with E-state index in [-0.39, 0.29) is 11.6 Å². The van der Waals surface area contributed by atoms with E-state index < -0.39 is 11.5 Å². The number of allylic oxidation sites excluding steroid dienone is 2. The van der Waals surface area contributed by atoms with Gasteiger partial charge in [-0.05, 0) is 25.2 Å². The van der Waals surface area contributed by atoms with E-state index in [0.29, 0.717) is 25.2 Å². The fourth-order valence-electron chi connectivity index (χ4n) is 3.72. The highest BCUT2D eigenvalue weighted by Gasteiger charge is 2.43. The summed E-state index contributed by atoms with van der Waals surface area (Å²) in [7, 11) is 0. The van der Waals surface area contributed by atoms with Crippen molar-refractivity contribution >= 4 is 11.6 Å². The van der Waals surface area contributed by atoms with E-state index in [2.05, 4.69) is 6.08 Å². The highest BCUT2D eigenvalue weighted by atomic mass is 16.5. The van der Waals surface area contributed by atoms with Gasteiger partial charge in [0.15, 0.2) is 11.9 Å². The van der Waals surface area contributed by atoms with E-state index in [1.54, 1.807) is 6.08 Å². The quantitative estimate of drug-likeness (QED) is 0.636. The molecule has 0 radical (unpaired) electrons. The number of ether oxygens (including phenoxy) is 1. The lowest BCUT2D eigenvalue weighted by atomic mass is 9.76. The fraction of sp³-hybridized carbons (Fsp3) is 0.647. The first-order valence-electron chi connectivity index (χ1n) is 7.57. The zero-order valence-electron chi connectivity index (χ0n) is 12.3. The van der Waals surface area contributed by atoms with Crippen LogP contribution in [0.15, 0.2) is 23.5 Å². The van der Waals surface area contributed by atoms with Crippen molar-refractivity contribution in [2.75, 3.05) is 0 Å². The summed E-state index contributed by atoms with van der Waals surface area (Å²) in [6.45, 7) is 3.92. The summed E-state index contributed by atoms with van der Waals surface area (Å²) in [6.07, 6.45) is 8.49. The molecule has 0 saturated carbocycles. The summed E-state index contributed by atoms with van der Waals surface area (Å²) in [5.41, 5.74) is 0.881. The Morgan fingerprint density at radius 1 is 1.30 bits per heavy atom. The molecule has 1 aliphatic carbocycles. The van der Waals surface area contributed by atoms with Crippen LogP contribution in [0.1, 0.15) is 52.4 Å². The Bertz CT molecular complexity index is 510. The molecule has 0 aromatic rings. The van der Waals surface area contributed by atoms with Crippen LogP contribution in [0.4, 0.5) is 0 Å². The first-order chi connectivity index (χ1) is 9.45. The predicted octanol–water partition coefficient (Wildman–Crippen LogP) is 3.34. The molecule has 2 aliphatic heterocycles. The molecule has 0 aromatic heterocycles.